The van der Waals surface area contributed by atoms with Crippen LogP contribution < -0.4 is 11.1 Å². The molecule has 34 heavy (non-hydrogen) atoms. The number of nitrogen functional groups attached to an aromatic ring is 1. The second-order valence-corrected chi connectivity index (χ2v) is 11.2. The van der Waals surface area contributed by atoms with Crippen molar-refractivity contribution in [1.29, 1.82) is 0 Å². The van der Waals surface area contributed by atoms with E-state index in [0.29, 0.717) is 12.1 Å². The standard InChI is InChI=1S/C28H40N4OS/c1-3-17-32(24-13-14-25-26(19-24)34-28(29)31-25)18-16-22-8-11-23(12-9-22)30-27(33)15-10-21-6-4-20(2)5-7-21/h4-7,10,15,22-24H,3,8-9,11-14,16-19H2,1-2H3,(H2,29,31)(H,30,33). The number of aromatic nitrogens is 1. The first kappa shape index (κ1) is 24.9. The lowest BCUT2D eigenvalue weighted by atomic mass is 9.83. The minimum atomic E-state index is 0.0264. The van der Waals surface area contributed by atoms with E-state index in [1.807, 2.05) is 18.2 Å². The summed E-state index contributed by atoms with van der Waals surface area (Å²) in [5, 5.41) is 3.94. The number of nitrogens with zero attached hydrogens (tertiary/aromatic N) is 2. The maximum atomic E-state index is 12.4. The smallest absolute Gasteiger partial charge is 0.244 e. The van der Waals surface area contributed by atoms with Gasteiger partial charge in [-0.25, -0.2) is 4.98 Å². The van der Waals surface area contributed by atoms with Gasteiger partial charge in [0.2, 0.25) is 5.91 Å². The topological polar surface area (TPSA) is 71.2 Å². The molecule has 1 aromatic carbocycles. The molecule has 1 atom stereocenters. The summed E-state index contributed by atoms with van der Waals surface area (Å²) in [4.78, 5) is 21.0. The van der Waals surface area contributed by atoms with Gasteiger partial charge in [0.1, 0.15) is 0 Å². The number of nitrogens with two attached hydrogens (primary N) is 1. The average molecular weight is 481 g/mol. The summed E-state index contributed by atoms with van der Waals surface area (Å²) in [6.45, 7) is 6.71. The van der Waals surface area contributed by atoms with Crippen LogP contribution in [0.5, 0.6) is 0 Å². The van der Waals surface area contributed by atoms with E-state index in [0.717, 1.165) is 42.3 Å². The molecule has 1 amide bonds. The van der Waals surface area contributed by atoms with Gasteiger partial charge in [-0.1, -0.05) is 36.8 Å². The van der Waals surface area contributed by atoms with Crippen molar-refractivity contribution in [2.45, 2.75) is 83.7 Å². The van der Waals surface area contributed by atoms with Crippen LogP contribution in [0.1, 0.15) is 73.6 Å². The Labute approximate surface area is 208 Å². The van der Waals surface area contributed by atoms with Crippen LogP contribution in [0.3, 0.4) is 0 Å². The summed E-state index contributed by atoms with van der Waals surface area (Å²) in [6.07, 6.45) is 14.0. The molecule has 1 unspecified atom stereocenters. The Bertz CT molecular complexity index is 959. The summed E-state index contributed by atoms with van der Waals surface area (Å²) >= 11 is 1.68. The summed E-state index contributed by atoms with van der Waals surface area (Å²) in [7, 11) is 0. The van der Waals surface area contributed by atoms with Crippen molar-refractivity contribution >= 4 is 28.5 Å². The van der Waals surface area contributed by atoms with Gasteiger partial charge in [-0.15, -0.1) is 11.3 Å². The van der Waals surface area contributed by atoms with Crippen LogP contribution in [-0.4, -0.2) is 41.0 Å². The largest absolute Gasteiger partial charge is 0.375 e. The quantitative estimate of drug-likeness (QED) is 0.473. The lowest BCUT2D eigenvalue weighted by Crippen LogP contribution is -2.41. The number of rotatable bonds is 9. The molecule has 4 rings (SSSR count). The fraction of sp³-hybridized carbons (Fsp3) is 0.571. The molecule has 0 saturated heterocycles. The second kappa shape index (κ2) is 12.0. The van der Waals surface area contributed by atoms with Crippen molar-refractivity contribution in [3.05, 3.63) is 52.0 Å². The third-order valence-corrected chi connectivity index (χ3v) is 8.43. The Morgan fingerprint density at radius 1 is 1.18 bits per heavy atom. The molecule has 1 heterocycles. The van der Waals surface area contributed by atoms with Crippen molar-refractivity contribution in [2.75, 3.05) is 18.8 Å². The number of anilines is 1. The highest BCUT2D eigenvalue weighted by molar-refractivity contribution is 7.15. The van der Waals surface area contributed by atoms with Gasteiger partial charge in [-0.2, -0.15) is 0 Å². The molecule has 0 radical (unpaired) electrons. The molecule has 3 N–H and O–H groups in total. The molecule has 2 aliphatic rings. The van der Waals surface area contributed by atoms with E-state index in [1.165, 1.54) is 61.3 Å². The van der Waals surface area contributed by atoms with Gasteiger partial charge in [0.25, 0.3) is 0 Å². The van der Waals surface area contributed by atoms with Crippen LogP contribution in [0.15, 0.2) is 30.3 Å². The number of carbonyl (C=O) groups excluding carboxylic acids is 1. The molecule has 0 bridgehead atoms. The average Bonchev–Trinajstić information content (AvgIpc) is 3.21. The molecule has 5 nitrogen and oxygen atoms in total. The maximum Gasteiger partial charge on any atom is 0.244 e. The van der Waals surface area contributed by atoms with Gasteiger partial charge in [0.15, 0.2) is 5.13 Å². The predicted octanol–water partition coefficient (Wildman–Crippen LogP) is 5.38. The second-order valence-electron chi connectivity index (χ2n) is 10.1. The van der Waals surface area contributed by atoms with E-state index >= 15 is 0 Å². The van der Waals surface area contributed by atoms with E-state index in [9.17, 15) is 4.79 Å². The van der Waals surface area contributed by atoms with Crippen LogP contribution in [0.2, 0.25) is 0 Å². The summed E-state index contributed by atoms with van der Waals surface area (Å²) < 4.78 is 0. The minimum absolute atomic E-state index is 0.0264. The molecular formula is C28H40N4OS. The third kappa shape index (κ3) is 6.92. The first-order valence-electron chi connectivity index (χ1n) is 13.0. The Hall–Kier alpha value is -2.18. The van der Waals surface area contributed by atoms with Crippen molar-refractivity contribution in [2.24, 2.45) is 5.92 Å². The Morgan fingerprint density at radius 3 is 2.68 bits per heavy atom. The molecule has 184 valence electrons. The van der Waals surface area contributed by atoms with Crippen molar-refractivity contribution < 1.29 is 4.79 Å². The molecule has 0 aliphatic heterocycles. The fourth-order valence-electron chi connectivity index (χ4n) is 5.50. The lowest BCUT2D eigenvalue weighted by molar-refractivity contribution is -0.117. The van der Waals surface area contributed by atoms with Crippen LogP contribution in [-0.2, 0) is 17.6 Å². The summed E-state index contributed by atoms with van der Waals surface area (Å²) in [5.74, 6) is 0.798. The van der Waals surface area contributed by atoms with E-state index in [4.69, 9.17) is 5.73 Å². The van der Waals surface area contributed by atoms with Crippen LogP contribution in [0.25, 0.3) is 6.08 Å². The number of thiazole rings is 1. The van der Waals surface area contributed by atoms with E-state index in [2.05, 4.69) is 41.2 Å². The normalized spacial score (nSPS) is 22.7. The van der Waals surface area contributed by atoms with Gasteiger partial charge in [-0.3, -0.25) is 4.79 Å². The zero-order valence-electron chi connectivity index (χ0n) is 20.8. The number of hydrogen-bond donors (Lipinski definition) is 2. The molecule has 1 fully saturated rings. The van der Waals surface area contributed by atoms with Crippen LogP contribution in [0.4, 0.5) is 5.13 Å². The highest BCUT2D eigenvalue weighted by atomic mass is 32.1. The highest BCUT2D eigenvalue weighted by Gasteiger charge is 2.28. The van der Waals surface area contributed by atoms with Crippen LogP contribution >= 0.6 is 11.3 Å². The number of nitrogens with one attached hydrogen (secondary N) is 1. The number of carbonyl (C=O) groups is 1. The molecule has 1 saturated carbocycles. The summed E-state index contributed by atoms with van der Waals surface area (Å²) in [6, 6.07) is 9.17. The maximum absolute atomic E-state index is 12.4. The van der Waals surface area contributed by atoms with Gasteiger partial charge >= 0.3 is 0 Å². The molecule has 2 aromatic rings. The predicted molar refractivity (Wildman–Crippen MR) is 143 cm³/mol. The zero-order valence-corrected chi connectivity index (χ0v) is 21.6. The van der Waals surface area contributed by atoms with E-state index in [1.54, 1.807) is 17.4 Å². The molecule has 2 aliphatic carbocycles. The third-order valence-electron chi connectivity index (χ3n) is 7.48. The first-order valence-corrected chi connectivity index (χ1v) is 13.8. The van der Waals surface area contributed by atoms with Gasteiger partial charge in [0.05, 0.1) is 5.69 Å². The van der Waals surface area contributed by atoms with Gasteiger partial charge in [0, 0.05) is 23.0 Å². The molecule has 0 spiro atoms. The Morgan fingerprint density at radius 2 is 1.94 bits per heavy atom. The number of aryl methyl sites for hydroxylation is 2. The van der Waals surface area contributed by atoms with Crippen molar-refractivity contribution in [1.82, 2.24) is 15.2 Å². The number of hydrogen-bond acceptors (Lipinski definition) is 5. The number of benzene rings is 1. The van der Waals surface area contributed by atoms with Gasteiger partial charge in [-0.05, 0) is 95.4 Å². The molecular weight excluding hydrogens is 440 g/mol. The minimum Gasteiger partial charge on any atom is -0.375 e. The van der Waals surface area contributed by atoms with Crippen LogP contribution in [0, 0.1) is 12.8 Å². The van der Waals surface area contributed by atoms with E-state index in [-0.39, 0.29) is 5.91 Å². The SMILES string of the molecule is CCCN(CCC1CCC(NC(=O)C=Cc2ccc(C)cc2)CC1)C1CCc2nc(N)sc2C1. The highest BCUT2D eigenvalue weighted by Crippen LogP contribution is 2.32. The first-order chi connectivity index (χ1) is 16.5. The van der Waals surface area contributed by atoms with E-state index < -0.39 is 0 Å². The van der Waals surface area contributed by atoms with Crippen molar-refractivity contribution in [3.63, 3.8) is 0 Å². The monoisotopic (exact) mass is 480 g/mol. The lowest BCUT2D eigenvalue weighted by Gasteiger charge is -2.36. The Kier molecular flexibility index (Phi) is 8.79. The van der Waals surface area contributed by atoms with Gasteiger partial charge < -0.3 is 16.0 Å². The van der Waals surface area contributed by atoms with Crippen molar-refractivity contribution in [3.8, 4) is 0 Å². The summed E-state index contributed by atoms with van der Waals surface area (Å²) in [5.41, 5.74) is 9.48. The fourth-order valence-corrected chi connectivity index (χ4v) is 6.45. The Balaban J connectivity index is 1.19. The number of fused-ring (bicyclic) bond motifs is 1. The number of amides is 1. The molecule has 1 aromatic heterocycles. The zero-order chi connectivity index (χ0) is 23.9. The molecule has 6 heteroatoms.